The Labute approximate surface area is 120 Å². The van der Waals surface area contributed by atoms with Crippen LogP contribution in [0.25, 0.3) is 0 Å². The van der Waals surface area contributed by atoms with E-state index in [9.17, 15) is 14.9 Å². The smallest absolute Gasteiger partial charge is 0.319 e. The molecule has 0 radical (unpaired) electrons. The van der Waals surface area contributed by atoms with Crippen LogP contribution in [0.1, 0.15) is 26.2 Å². The van der Waals surface area contributed by atoms with Gasteiger partial charge in [0.2, 0.25) is 0 Å². The van der Waals surface area contributed by atoms with Gasteiger partial charge in [-0.2, -0.15) is 0 Å². The molecule has 0 rings (SSSR count). The largest absolute Gasteiger partial charge is 0.414 e. The van der Waals surface area contributed by atoms with Crippen molar-refractivity contribution in [2.75, 3.05) is 6.54 Å². The zero-order chi connectivity index (χ0) is 15.2. The summed E-state index contributed by atoms with van der Waals surface area (Å²) in [6.45, 7) is 1.95. The van der Waals surface area contributed by atoms with Gasteiger partial charge < -0.3 is 4.55 Å². The fraction of sp³-hybridized carbons (Fsp3) is 0.417. The van der Waals surface area contributed by atoms with Crippen LogP contribution in [-0.4, -0.2) is 27.3 Å². The second kappa shape index (κ2) is 11.7. The SMILES string of the molecule is CCCCCN(OC(=O)C#CC#CC#CSO)[N+](=O)[O-]. The first-order valence-electron chi connectivity index (χ1n) is 5.57. The van der Waals surface area contributed by atoms with Gasteiger partial charge in [0, 0.05) is 17.1 Å². The molecule has 0 aliphatic heterocycles. The highest BCUT2D eigenvalue weighted by Crippen LogP contribution is 1.99. The Bertz CT molecular complexity index is 515. The van der Waals surface area contributed by atoms with Crippen LogP contribution >= 0.6 is 12.0 Å². The molecule has 0 unspecified atom stereocenters. The van der Waals surface area contributed by atoms with E-state index in [1.165, 1.54) is 0 Å². The Kier molecular flexibility index (Phi) is 10.4. The zero-order valence-corrected chi connectivity index (χ0v) is 11.5. The molecule has 8 heteroatoms. The third-order valence-electron chi connectivity index (χ3n) is 1.77. The lowest BCUT2D eigenvalue weighted by molar-refractivity contribution is -0.723. The summed E-state index contributed by atoms with van der Waals surface area (Å²) >= 11 is 0.302. The molecular weight excluding hydrogens is 284 g/mol. The number of nitro groups is 1. The van der Waals surface area contributed by atoms with Crippen molar-refractivity contribution in [2.45, 2.75) is 26.2 Å². The fourth-order valence-corrected chi connectivity index (χ4v) is 1.07. The summed E-state index contributed by atoms with van der Waals surface area (Å²) < 4.78 is 8.25. The van der Waals surface area contributed by atoms with Gasteiger partial charge in [-0.1, -0.05) is 19.8 Å². The molecule has 0 aromatic rings. The van der Waals surface area contributed by atoms with Crippen molar-refractivity contribution >= 4 is 18.0 Å². The van der Waals surface area contributed by atoms with Gasteiger partial charge in [0.1, 0.15) is 6.54 Å². The number of hydroxylamine groups is 1. The van der Waals surface area contributed by atoms with Crippen molar-refractivity contribution in [3.05, 3.63) is 10.1 Å². The maximum Gasteiger partial charge on any atom is 0.414 e. The van der Waals surface area contributed by atoms with Gasteiger partial charge in [0.25, 0.3) is 0 Å². The van der Waals surface area contributed by atoms with Crippen LogP contribution in [0.4, 0.5) is 0 Å². The van der Waals surface area contributed by atoms with Gasteiger partial charge in [-0.05, 0) is 24.2 Å². The molecule has 0 saturated heterocycles. The highest BCUT2D eigenvalue weighted by Gasteiger charge is 2.18. The number of rotatable bonds is 6. The molecule has 0 heterocycles. The number of nitrogens with zero attached hydrogens (tertiary/aromatic N) is 2. The third-order valence-corrected chi connectivity index (χ3v) is 1.97. The normalized spacial score (nSPS) is 7.90. The van der Waals surface area contributed by atoms with Gasteiger partial charge in [0.05, 0.1) is 17.2 Å². The van der Waals surface area contributed by atoms with Gasteiger partial charge >= 0.3 is 5.97 Å². The summed E-state index contributed by atoms with van der Waals surface area (Å²) in [5.74, 6) is 9.70. The molecule has 0 aliphatic rings. The molecule has 0 bridgehead atoms. The summed E-state index contributed by atoms with van der Waals surface area (Å²) in [4.78, 5) is 26.3. The lowest BCUT2D eigenvalue weighted by Gasteiger charge is -2.10. The molecule has 7 nitrogen and oxygen atoms in total. The molecule has 0 saturated carbocycles. The molecule has 0 fully saturated rings. The number of unbranched alkanes of at least 4 members (excludes halogenated alkanes) is 2. The van der Waals surface area contributed by atoms with Crippen molar-refractivity contribution in [1.29, 1.82) is 0 Å². The Balaban J connectivity index is 4.35. The second-order valence-corrected chi connectivity index (χ2v) is 3.60. The monoisotopic (exact) mass is 296 g/mol. The summed E-state index contributed by atoms with van der Waals surface area (Å²) in [6, 6.07) is 0. The first-order valence-corrected chi connectivity index (χ1v) is 6.34. The molecule has 0 aliphatic carbocycles. The lowest BCUT2D eigenvalue weighted by Crippen LogP contribution is -2.33. The Morgan fingerprint density at radius 2 is 2.05 bits per heavy atom. The van der Waals surface area contributed by atoms with Crippen LogP contribution in [0.15, 0.2) is 0 Å². The van der Waals surface area contributed by atoms with Crippen LogP contribution in [0.3, 0.4) is 0 Å². The standard InChI is InChI=1S/C12H12N2O5S/c1-2-3-7-10-13(14(16)17)19-12(15)9-6-4-5-8-11-20-18/h18H,2-3,7,10H2,1H3. The minimum atomic E-state index is -1.07. The van der Waals surface area contributed by atoms with E-state index >= 15 is 0 Å². The highest BCUT2D eigenvalue weighted by molar-refractivity contribution is 7.98. The van der Waals surface area contributed by atoms with E-state index in [1.54, 1.807) is 0 Å². The van der Waals surface area contributed by atoms with Gasteiger partial charge in [-0.3, -0.25) is 4.84 Å². The van der Waals surface area contributed by atoms with E-state index in [-0.39, 0.29) is 6.54 Å². The minimum Gasteiger partial charge on any atom is -0.319 e. The van der Waals surface area contributed by atoms with Crippen LogP contribution in [0, 0.1) is 45.0 Å². The maximum absolute atomic E-state index is 11.2. The molecule has 0 atom stereocenters. The van der Waals surface area contributed by atoms with E-state index < -0.39 is 11.0 Å². The Hall–Kier alpha value is -2.34. The molecule has 20 heavy (non-hydrogen) atoms. The zero-order valence-electron chi connectivity index (χ0n) is 10.7. The molecule has 0 aromatic carbocycles. The van der Waals surface area contributed by atoms with Crippen molar-refractivity contribution in [3.63, 3.8) is 0 Å². The second-order valence-electron chi connectivity index (χ2n) is 3.22. The third kappa shape index (κ3) is 9.67. The Morgan fingerprint density at radius 1 is 1.35 bits per heavy atom. The van der Waals surface area contributed by atoms with Crippen LogP contribution in [-0.2, 0) is 9.63 Å². The predicted octanol–water partition coefficient (Wildman–Crippen LogP) is 1.30. The molecule has 0 amide bonds. The van der Waals surface area contributed by atoms with Gasteiger partial charge in [-0.25, -0.2) is 14.9 Å². The first kappa shape index (κ1) is 17.7. The van der Waals surface area contributed by atoms with Crippen LogP contribution in [0.5, 0.6) is 0 Å². The topological polar surface area (TPSA) is 92.9 Å². The fourth-order valence-electron chi connectivity index (χ4n) is 0.969. The summed E-state index contributed by atoms with van der Waals surface area (Å²) in [7, 11) is 0. The van der Waals surface area contributed by atoms with E-state index in [0.29, 0.717) is 23.6 Å². The number of carbonyl (C=O) groups is 1. The number of carbonyl (C=O) groups excluding carboxylic acids is 1. The van der Waals surface area contributed by atoms with Crippen LogP contribution < -0.4 is 0 Å². The van der Waals surface area contributed by atoms with Gasteiger partial charge in [0.15, 0.2) is 5.03 Å². The molecule has 1 N–H and O–H groups in total. The van der Waals surface area contributed by atoms with E-state index in [1.807, 2.05) is 12.8 Å². The lowest BCUT2D eigenvalue weighted by atomic mass is 10.2. The average molecular weight is 296 g/mol. The summed E-state index contributed by atoms with van der Waals surface area (Å²) in [5, 5.41) is 12.3. The van der Waals surface area contributed by atoms with Crippen molar-refractivity contribution in [2.24, 2.45) is 0 Å². The average Bonchev–Trinajstić information content (AvgIpc) is 2.41. The van der Waals surface area contributed by atoms with E-state index in [0.717, 1.165) is 12.8 Å². The van der Waals surface area contributed by atoms with E-state index in [2.05, 4.69) is 33.8 Å². The van der Waals surface area contributed by atoms with Crippen molar-refractivity contribution < 1.29 is 19.2 Å². The maximum atomic E-state index is 11.2. The van der Waals surface area contributed by atoms with Gasteiger partial charge in [-0.15, -0.1) is 0 Å². The Morgan fingerprint density at radius 3 is 2.65 bits per heavy atom. The molecule has 0 spiro atoms. The van der Waals surface area contributed by atoms with E-state index in [4.69, 9.17) is 4.55 Å². The predicted molar refractivity (Wildman–Crippen MR) is 72.9 cm³/mol. The minimum absolute atomic E-state index is 0.000856. The highest BCUT2D eigenvalue weighted by atomic mass is 32.2. The van der Waals surface area contributed by atoms with Crippen LogP contribution in [0.2, 0.25) is 0 Å². The number of hydrogen-bond acceptors (Lipinski definition) is 6. The summed E-state index contributed by atoms with van der Waals surface area (Å²) in [6.07, 6.45) is 2.22. The number of hydrazine groups is 1. The molecule has 0 aromatic heterocycles. The quantitative estimate of drug-likeness (QED) is 0.259. The molecule has 106 valence electrons. The summed E-state index contributed by atoms with van der Waals surface area (Å²) in [5.41, 5.74) is 0. The number of hydrogen-bond donors (Lipinski definition) is 1. The molecular formula is C12H12N2O5S. The van der Waals surface area contributed by atoms with Crippen molar-refractivity contribution in [1.82, 2.24) is 5.17 Å². The first-order chi connectivity index (χ1) is 9.61. The van der Waals surface area contributed by atoms with Crippen molar-refractivity contribution in [3.8, 4) is 34.9 Å².